The zero-order valence-corrected chi connectivity index (χ0v) is 15.7. The fraction of sp³-hybridized carbons (Fsp3) is 0.0952. The molecule has 27 heavy (non-hydrogen) atoms. The van der Waals surface area contributed by atoms with Crippen molar-refractivity contribution in [2.24, 2.45) is 0 Å². The Kier molecular flexibility index (Phi) is 5.10. The zero-order valence-electron chi connectivity index (χ0n) is 14.9. The van der Waals surface area contributed by atoms with Gasteiger partial charge in [-0.15, -0.1) is 0 Å². The number of hydrogen-bond donors (Lipinski definition) is 0. The summed E-state index contributed by atoms with van der Waals surface area (Å²) in [5, 5.41) is 0. The Balaban J connectivity index is 2.26. The van der Waals surface area contributed by atoms with E-state index in [-0.39, 0.29) is 16.1 Å². The molecule has 3 aromatic carbocycles. The van der Waals surface area contributed by atoms with E-state index in [1.54, 1.807) is 44.2 Å². The SMILES string of the molecule is Cc1ccc(C)c(N(C(=O)c2ccccc2F)S(=O)(=O)c2ccccc2)c1. The van der Waals surface area contributed by atoms with Crippen molar-refractivity contribution in [1.29, 1.82) is 0 Å². The van der Waals surface area contributed by atoms with Gasteiger partial charge in [-0.1, -0.05) is 42.5 Å². The molecule has 1 amide bonds. The van der Waals surface area contributed by atoms with Crippen LogP contribution in [0.5, 0.6) is 0 Å². The molecule has 0 heterocycles. The first kappa shape index (κ1) is 18.8. The predicted molar refractivity (Wildman–Crippen MR) is 103 cm³/mol. The highest BCUT2D eigenvalue weighted by atomic mass is 32.2. The predicted octanol–water partition coefficient (Wildman–Crippen LogP) is 4.48. The van der Waals surface area contributed by atoms with E-state index in [4.69, 9.17) is 0 Å². The molecule has 0 atom stereocenters. The van der Waals surface area contributed by atoms with Gasteiger partial charge in [-0.2, -0.15) is 4.31 Å². The van der Waals surface area contributed by atoms with Gasteiger partial charge >= 0.3 is 0 Å². The van der Waals surface area contributed by atoms with Crippen molar-refractivity contribution < 1.29 is 17.6 Å². The summed E-state index contributed by atoms with van der Waals surface area (Å²) in [7, 11) is -4.24. The van der Waals surface area contributed by atoms with Gasteiger partial charge in [-0.05, 0) is 55.3 Å². The summed E-state index contributed by atoms with van der Waals surface area (Å²) in [6.07, 6.45) is 0. The van der Waals surface area contributed by atoms with E-state index in [0.717, 1.165) is 11.6 Å². The van der Waals surface area contributed by atoms with Crippen LogP contribution >= 0.6 is 0 Å². The summed E-state index contributed by atoms with van der Waals surface area (Å²) in [4.78, 5) is 13.1. The van der Waals surface area contributed by atoms with Crippen LogP contribution in [0.4, 0.5) is 10.1 Å². The molecule has 0 saturated carbocycles. The van der Waals surface area contributed by atoms with Crippen LogP contribution in [0.2, 0.25) is 0 Å². The van der Waals surface area contributed by atoms with Crippen molar-refractivity contribution in [3.05, 3.63) is 95.3 Å². The van der Waals surface area contributed by atoms with Crippen LogP contribution in [-0.4, -0.2) is 14.3 Å². The molecular weight excluding hydrogens is 365 g/mol. The van der Waals surface area contributed by atoms with Crippen molar-refractivity contribution in [1.82, 2.24) is 0 Å². The minimum absolute atomic E-state index is 0.0457. The van der Waals surface area contributed by atoms with Crippen LogP contribution in [0.25, 0.3) is 0 Å². The monoisotopic (exact) mass is 383 g/mol. The lowest BCUT2D eigenvalue weighted by molar-refractivity contribution is 0.100. The first-order chi connectivity index (χ1) is 12.8. The van der Waals surface area contributed by atoms with Crippen LogP contribution in [0.3, 0.4) is 0 Å². The summed E-state index contributed by atoms with van der Waals surface area (Å²) < 4.78 is 41.5. The Morgan fingerprint density at radius 3 is 2.19 bits per heavy atom. The van der Waals surface area contributed by atoms with Crippen LogP contribution in [0, 0.1) is 19.7 Å². The second-order valence-corrected chi connectivity index (χ2v) is 7.94. The van der Waals surface area contributed by atoms with Gasteiger partial charge in [0.05, 0.1) is 16.1 Å². The summed E-state index contributed by atoms with van der Waals surface area (Å²) in [6.45, 7) is 3.50. The Morgan fingerprint density at radius 2 is 1.52 bits per heavy atom. The quantitative estimate of drug-likeness (QED) is 0.668. The molecule has 0 unspecified atom stereocenters. The number of aryl methyl sites for hydroxylation is 2. The highest BCUT2D eigenvalue weighted by Crippen LogP contribution is 2.30. The molecule has 0 fully saturated rings. The summed E-state index contributed by atoms with van der Waals surface area (Å²) in [5.41, 5.74) is 1.26. The van der Waals surface area contributed by atoms with Gasteiger partial charge in [-0.25, -0.2) is 12.8 Å². The van der Waals surface area contributed by atoms with Gasteiger partial charge in [0.2, 0.25) is 0 Å². The smallest absolute Gasteiger partial charge is 0.267 e. The number of amides is 1. The van der Waals surface area contributed by atoms with E-state index >= 15 is 0 Å². The third-order valence-corrected chi connectivity index (χ3v) is 5.86. The highest BCUT2D eigenvalue weighted by molar-refractivity contribution is 7.93. The Hall–Kier alpha value is -2.99. The van der Waals surface area contributed by atoms with Crippen molar-refractivity contribution in [3.8, 4) is 0 Å². The molecule has 0 aliphatic heterocycles. The standard InChI is InChI=1S/C21H18FNO3S/c1-15-12-13-16(2)20(14-15)23(21(24)18-10-6-7-11-19(18)22)27(25,26)17-8-4-3-5-9-17/h3-14H,1-2H3. The molecule has 4 nitrogen and oxygen atoms in total. The number of hydrogen-bond acceptors (Lipinski definition) is 3. The maximum absolute atomic E-state index is 14.2. The minimum atomic E-state index is -4.24. The number of sulfonamides is 1. The average Bonchev–Trinajstić information content (AvgIpc) is 2.65. The Morgan fingerprint density at radius 1 is 0.889 bits per heavy atom. The molecule has 0 radical (unpaired) electrons. The van der Waals surface area contributed by atoms with E-state index < -0.39 is 21.7 Å². The maximum Gasteiger partial charge on any atom is 0.275 e. The number of carbonyl (C=O) groups excluding carboxylic acids is 1. The summed E-state index contributed by atoms with van der Waals surface area (Å²) >= 11 is 0. The van der Waals surface area contributed by atoms with Gasteiger partial charge in [0.1, 0.15) is 5.82 Å². The fourth-order valence-corrected chi connectivity index (χ4v) is 4.21. The lowest BCUT2D eigenvalue weighted by Gasteiger charge is -2.25. The Bertz CT molecular complexity index is 1100. The third kappa shape index (κ3) is 3.61. The second-order valence-electron chi connectivity index (χ2n) is 6.16. The topological polar surface area (TPSA) is 54.5 Å². The van der Waals surface area contributed by atoms with Crippen molar-refractivity contribution >= 4 is 21.6 Å². The summed E-state index contributed by atoms with van der Waals surface area (Å²) in [5.74, 6) is -1.72. The molecule has 0 aromatic heterocycles. The first-order valence-corrected chi connectivity index (χ1v) is 9.73. The molecule has 0 saturated heterocycles. The number of anilines is 1. The highest BCUT2D eigenvalue weighted by Gasteiger charge is 2.34. The maximum atomic E-state index is 14.2. The first-order valence-electron chi connectivity index (χ1n) is 8.29. The molecule has 0 aliphatic rings. The molecule has 3 aromatic rings. The van der Waals surface area contributed by atoms with Gasteiger partial charge in [0.15, 0.2) is 0 Å². The summed E-state index contributed by atoms with van der Waals surface area (Å²) in [6, 6.07) is 18.1. The van der Waals surface area contributed by atoms with Crippen LogP contribution in [0.15, 0.2) is 77.7 Å². The van der Waals surface area contributed by atoms with Crippen LogP contribution in [-0.2, 0) is 10.0 Å². The molecule has 0 bridgehead atoms. The number of benzene rings is 3. The van der Waals surface area contributed by atoms with Crippen molar-refractivity contribution in [3.63, 3.8) is 0 Å². The second kappa shape index (κ2) is 7.32. The molecule has 6 heteroatoms. The largest absolute Gasteiger partial charge is 0.275 e. The number of nitrogens with zero attached hydrogens (tertiary/aromatic N) is 1. The lowest BCUT2D eigenvalue weighted by Crippen LogP contribution is -2.38. The normalized spacial score (nSPS) is 11.2. The van der Waals surface area contributed by atoms with E-state index in [0.29, 0.717) is 9.87 Å². The molecule has 138 valence electrons. The number of carbonyl (C=O) groups is 1. The van der Waals surface area contributed by atoms with E-state index in [1.807, 2.05) is 6.07 Å². The number of rotatable bonds is 4. The average molecular weight is 383 g/mol. The van der Waals surface area contributed by atoms with Gasteiger partial charge in [0.25, 0.3) is 15.9 Å². The van der Waals surface area contributed by atoms with E-state index in [1.165, 1.54) is 30.3 Å². The van der Waals surface area contributed by atoms with Gasteiger partial charge in [-0.3, -0.25) is 4.79 Å². The van der Waals surface area contributed by atoms with Gasteiger partial charge in [0, 0.05) is 0 Å². The Labute approximate surface area is 157 Å². The molecule has 0 spiro atoms. The molecule has 3 rings (SSSR count). The molecule has 0 N–H and O–H groups in total. The van der Waals surface area contributed by atoms with Crippen molar-refractivity contribution in [2.75, 3.05) is 4.31 Å². The molecule has 0 aliphatic carbocycles. The van der Waals surface area contributed by atoms with E-state index in [9.17, 15) is 17.6 Å². The van der Waals surface area contributed by atoms with Gasteiger partial charge < -0.3 is 0 Å². The van der Waals surface area contributed by atoms with Crippen molar-refractivity contribution in [2.45, 2.75) is 18.7 Å². The molecular formula is C21H18FNO3S. The zero-order chi connectivity index (χ0) is 19.6. The van der Waals surface area contributed by atoms with Crippen LogP contribution in [0.1, 0.15) is 21.5 Å². The lowest BCUT2D eigenvalue weighted by atomic mass is 10.1. The third-order valence-electron chi connectivity index (χ3n) is 4.15. The van der Waals surface area contributed by atoms with Crippen LogP contribution < -0.4 is 4.31 Å². The minimum Gasteiger partial charge on any atom is -0.267 e. The van der Waals surface area contributed by atoms with E-state index in [2.05, 4.69) is 0 Å². The number of halogens is 1. The fourth-order valence-electron chi connectivity index (χ4n) is 2.73.